The van der Waals surface area contributed by atoms with E-state index in [-0.39, 0.29) is 11.4 Å². The Kier molecular flexibility index (Phi) is 3.76. The summed E-state index contributed by atoms with van der Waals surface area (Å²) in [7, 11) is 0. The van der Waals surface area contributed by atoms with Gasteiger partial charge in [-0.25, -0.2) is 15.8 Å². The van der Waals surface area contributed by atoms with Gasteiger partial charge in [-0.2, -0.15) is 0 Å². The van der Waals surface area contributed by atoms with Crippen molar-refractivity contribution in [2.75, 3.05) is 5.43 Å². The van der Waals surface area contributed by atoms with Crippen LogP contribution < -0.4 is 16.6 Å². The molecular formula is C12H19N5O. The van der Waals surface area contributed by atoms with Gasteiger partial charge in [0, 0.05) is 5.54 Å². The first kappa shape index (κ1) is 12.8. The molecule has 18 heavy (non-hydrogen) atoms. The van der Waals surface area contributed by atoms with Gasteiger partial charge in [0.25, 0.3) is 5.91 Å². The Balaban J connectivity index is 2.02. The number of hydrazine groups is 1. The molecule has 1 saturated carbocycles. The van der Waals surface area contributed by atoms with Gasteiger partial charge in [-0.15, -0.1) is 0 Å². The summed E-state index contributed by atoms with van der Waals surface area (Å²) in [6.07, 6.45) is 8.50. The molecule has 2 rings (SSSR count). The fraction of sp³-hybridized carbons (Fsp3) is 0.583. The minimum absolute atomic E-state index is 0.109. The van der Waals surface area contributed by atoms with Crippen LogP contribution >= 0.6 is 0 Å². The third-order valence-electron chi connectivity index (χ3n) is 3.40. The third kappa shape index (κ3) is 2.95. The predicted octanol–water partition coefficient (Wildman–Crippen LogP) is 1.21. The molecule has 0 aromatic carbocycles. The monoisotopic (exact) mass is 249 g/mol. The lowest BCUT2D eigenvalue weighted by Gasteiger charge is -2.34. The molecule has 1 heterocycles. The SMILES string of the molecule is CC1(NC(=O)c2cnc(NN)cn2)CCCCC1. The Morgan fingerprint density at radius 1 is 1.28 bits per heavy atom. The van der Waals surface area contributed by atoms with Crippen LogP contribution in [0.2, 0.25) is 0 Å². The Bertz CT molecular complexity index is 411. The molecule has 1 fully saturated rings. The van der Waals surface area contributed by atoms with Crippen molar-refractivity contribution in [1.82, 2.24) is 15.3 Å². The van der Waals surface area contributed by atoms with Crippen LogP contribution in [0.1, 0.15) is 49.5 Å². The molecule has 1 aliphatic rings. The fourth-order valence-electron chi connectivity index (χ4n) is 2.32. The van der Waals surface area contributed by atoms with E-state index in [1.165, 1.54) is 31.7 Å². The van der Waals surface area contributed by atoms with Crippen molar-refractivity contribution >= 4 is 11.7 Å². The van der Waals surface area contributed by atoms with Crippen LogP contribution in [0.4, 0.5) is 5.82 Å². The predicted molar refractivity (Wildman–Crippen MR) is 68.8 cm³/mol. The smallest absolute Gasteiger partial charge is 0.271 e. The molecule has 0 atom stereocenters. The average molecular weight is 249 g/mol. The maximum Gasteiger partial charge on any atom is 0.271 e. The molecule has 0 unspecified atom stereocenters. The fourth-order valence-corrected chi connectivity index (χ4v) is 2.32. The van der Waals surface area contributed by atoms with Crippen LogP contribution in [0.5, 0.6) is 0 Å². The Morgan fingerprint density at radius 2 is 2.00 bits per heavy atom. The molecule has 0 bridgehead atoms. The van der Waals surface area contributed by atoms with Crippen molar-refractivity contribution in [2.45, 2.75) is 44.6 Å². The van der Waals surface area contributed by atoms with Crippen molar-refractivity contribution in [1.29, 1.82) is 0 Å². The third-order valence-corrected chi connectivity index (χ3v) is 3.40. The maximum atomic E-state index is 12.1. The number of nitrogens with one attached hydrogen (secondary N) is 2. The lowest BCUT2D eigenvalue weighted by Crippen LogP contribution is -2.47. The summed E-state index contributed by atoms with van der Waals surface area (Å²) in [5.74, 6) is 5.46. The zero-order valence-corrected chi connectivity index (χ0v) is 10.6. The molecule has 1 amide bonds. The van der Waals surface area contributed by atoms with Crippen molar-refractivity contribution in [2.24, 2.45) is 5.84 Å². The minimum atomic E-state index is -0.171. The largest absolute Gasteiger partial charge is 0.345 e. The van der Waals surface area contributed by atoms with E-state index in [1.54, 1.807) is 0 Å². The summed E-state index contributed by atoms with van der Waals surface area (Å²) in [6.45, 7) is 2.09. The number of amides is 1. The van der Waals surface area contributed by atoms with Gasteiger partial charge >= 0.3 is 0 Å². The van der Waals surface area contributed by atoms with Gasteiger partial charge < -0.3 is 10.7 Å². The van der Waals surface area contributed by atoms with E-state index in [0.717, 1.165) is 12.8 Å². The van der Waals surface area contributed by atoms with Crippen LogP contribution in [0.25, 0.3) is 0 Å². The van der Waals surface area contributed by atoms with E-state index in [2.05, 4.69) is 27.6 Å². The number of hydrogen-bond acceptors (Lipinski definition) is 5. The summed E-state index contributed by atoms with van der Waals surface area (Å²) in [5.41, 5.74) is 2.59. The summed E-state index contributed by atoms with van der Waals surface area (Å²) < 4.78 is 0. The van der Waals surface area contributed by atoms with Crippen molar-refractivity contribution in [3.05, 3.63) is 18.1 Å². The van der Waals surface area contributed by atoms with Crippen molar-refractivity contribution < 1.29 is 4.79 Å². The second-order valence-corrected chi connectivity index (χ2v) is 5.01. The van der Waals surface area contributed by atoms with E-state index in [9.17, 15) is 4.79 Å². The van der Waals surface area contributed by atoms with Crippen LogP contribution in [0.15, 0.2) is 12.4 Å². The summed E-state index contributed by atoms with van der Waals surface area (Å²) in [4.78, 5) is 20.1. The molecule has 1 aromatic rings. The number of carbonyl (C=O) groups is 1. The van der Waals surface area contributed by atoms with E-state index in [1.807, 2.05) is 0 Å². The number of anilines is 1. The average Bonchev–Trinajstić information content (AvgIpc) is 2.39. The Morgan fingerprint density at radius 3 is 2.56 bits per heavy atom. The molecule has 0 spiro atoms. The molecule has 6 heteroatoms. The van der Waals surface area contributed by atoms with Gasteiger partial charge in [0.15, 0.2) is 5.82 Å². The summed E-state index contributed by atoms with van der Waals surface area (Å²) in [5, 5.41) is 3.06. The van der Waals surface area contributed by atoms with Gasteiger partial charge in [0.05, 0.1) is 12.4 Å². The van der Waals surface area contributed by atoms with E-state index in [0.29, 0.717) is 11.5 Å². The normalized spacial score (nSPS) is 18.1. The number of aromatic nitrogens is 2. The summed E-state index contributed by atoms with van der Waals surface area (Å²) >= 11 is 0. The molecular weight excluding hydrogens is 230 g/mol. The summed E-state index contributed by atoms with van der Waals surface area (Å²) in [6, 6.07) is 0. The minimum Gasteiger partial charge on any atom is -0.345 e. The van der Waals surface area contributed by atoms with Crippen molar-refractivity contribution in [3.63, 3.8) is 0 Å². The van der Waals surface area contributed by atoms with Crippen LogP contribution in [0, 0.1) is 0 Å². The molecule has 4 N–H and O–H groups in total. The van der Waals surface area contributed by atoms with E-state index >= 15 is 0 Å². The second kappa shape index (κ2) is 5.30. The highest BCUT2D eigenvalue weighted by Gasteiger charge is 2.29. The van der Waals surface area contributed by atoms with Crippen LogP contribution in [0.3, 0.4) is 0 Å². The highest BCUT2D eigenvalue weighted by Crippen LogP contribution is 2.27. The topological polar surface area (TPSA) is 92.9 Å². The number of hydrogen-bond donors (Lipinski definition) is 3. The standard InChI is InChI=1S/C12H19N5O/c1-12(5-3-2-4-6-12)16-11(18)9-7-15-10(17-13)8-14-9/h7-8H,2-6,13H2,1H3,(H,15,17)(H,16,18). The Labute approximate surface area is 106 Å². The second-order valence-electron chi connectivity index (χ2n) is 5.01. The molecule has 6 nitrogen and oxygen atoms in total. The molecule has 98 valence electrons. The van der Waals surface area contributed by atoms with Gasteiger partial charge in [-0.3, -0.25) is 4.79 Å². The van der Waals surface area contributed by atoms with Gasteiger partial charge in [0.2, 0.25) is 0 Å². The molecule has 0 radical (unpaired) electrons. The lowest BCUT2D eigenvalue weighted by molar-refractivity contribution is 0.0877. The first-order valence-electron chi connectivity index (χ1n) is 6.24. The highest BCUT2D eigenvalue weighted by atomic mass is 16.2. The Hall–Kier alpha value is -1.69. The first-order chi connectivity index (χ1) is 8.63. The molecule has 0 saturated heterocycles. The van der Waals surface area contributed by atoms with Crippen molar-refractivity contribution in [3.8, 4) is 0 Å². The van der Waals surface area contributed by atoms with Gasteiger partial charge in [-0.1, -0.05) is 19.3 Å². The zero-order chi connectivity index (χ0) is 13.0. The van der Waals surface area contributed by atoms with Gasteiger partial charge in [0.1, 0.15) is 5.69 Å². The highest BCUT2D eigenvalue weighted by molar-refractivity contribution is 5.92. The quantitative estimate of drug-likeness (QED) is 0.553. The van der Waals surface area contributed by atoms with Crippen LogP contribution in [-0.4, -0.2) is 21.4 Å². The number of carbonyl (C=O) groups excluding carboxylic acids is 1. The number of nitrogens with two attached hydrogens (primary N) is 1. The number of nitrogens with zero attached hydrogens (tertiary/aromatic N) is 2. The lowest BCUT2D eigenvalue weighted by atomic mass is 9.83. The maximum absolute atomic E-state index is 12.1. The van der Waals surface area contributed by atoms with E-state index < -0.39 is 0 Å². The van der Waals surface area contributed by atoms with Crippen LogP contribution in [-0.2, 0) is 0 Å². The molecule has 0 aliphatic heterocycles. The molecule has 1 aromatic heterocycles. The zero-order valence-electron chi connectivity index (χ0n) is 10.6. The van der Waals surface area contributed by atoms with E-state index in [4.69, 9.17) is 5.84 Å². The number of nitrogen functional groups attached to an aromatic ring is 1. The first-order valence-corrected chi connectivity index (χ1v) is 6.24. The number of rotatable bonds is 3. The van der Waals surface area contributed by atoms with Gasteiger partial charge in [-0.05, 0) is 19.8 Å². The molecule has 1 aliphatic carbocycles.